The molecule has 0 radical (unpaired) electrons. The second-order valence-corrected chi connectivity index (χ2v) is 8.69. The van der Waals surface area contributed by atoms with Gasteiger partial charge in [0.15, 0.2) is 5.82 Å². The van der Waals surface area contributed by atoms with E-state index in [1.54, 1.807) is 18.3 Å². The molecule has 0 saturated carbocycles. The summed E-state index contributed by atoms with van der Waals surface area (Å²) in [6.07, 6.45) is 4.46. The van der Waals surface area contributed by atoms with Gasteiger partial charge in [-0.25, -0.2) is 28.1 Å². The highest BCUT2D eigenvalue weighted by atomic mass is 19.3. The first-order valence-electron chi connectivity index (χ1n) is 11.0. The quantitative estimate of drug-likeness (QED) is 0.580. The highest BCUT2D eigenvalue weighted by Gasteiger charge is 2.46. The summed E-state index contributed by atoms with van der Waals surface area (Å²) in [4.78, 5) is 29.2. The monoisotopic (exact) mass is 472 g/mol. The molecular formula is C23H23F3N6O2. The molecule has 11 heteroatoms. The molecule has 2 N–H and O–H groups in total. The van der Waals surface area contributed by atoms with E-state index in [-0.39, 0.29) is 23.7 Å². The van der Waals surface area contributed by atoms with Gasteiger partial charge in [0, 0.05) is 23.8 Å². The Balaban J connectivity index is 1.28. The van der Waals surface area contributed by atoms with Crippen molar-refractivity contribution in [2.75, 3.05) is 25.0 Å². The number of carbonyl (C=O) groups excluding carboxylic acids is 1. The molecule has 2 aliphatic rings. The molecule has 0 spiro atoms. The fourth-order valence-corrected chi connectivity index (χ4v) is 4.19. The molecule has 5 rings (SSSR count). The van der Waals surface area contributed by atoms with E-state index in [0.29, 0.717) is 23.6 Å². The second kappa shape index (κ2) is 8.71. The number of carbonyl (C=O) groups is 1. The maximum atomic E-state index is 14.5. The molecule has 2 fully saturated rings. The Labute approximate surface area is 193 Å². The van der Waals surface area contributed by atoms with Crippen LogP contribution in [-0.4, -0.2) is 62.5 Å². The number of nitrogens with zero attached hydrogens (tertiary/aromatic N) is 4. The van der Waals surface area contributed by atoms with Crippen molar-refractivity contribution in [3.63, 3.8) is 0 Å². The van der Waals surface area contributed by atoms with Gasteiger partial charge in [-0.15, -0.1) is 0 Å². The average molecular weight is 472 g/mol. The number of nitrogens with one attached hydrogen (secondary N) is 2. The number of halogens is 3. The van der Waals surface area contributed by atoms with E-state index in [4.69, 9.17) is 4.74 Å². The largest absolute Gasteiger partial charge is 0.378 e. The van der Waals surface area contributed by atoms with Gasteiger partial charge < -0.3 is 19.9 Å². The molecule has 0 bridgehead atoms. The average Bonchev–Trinajstić information content (AvgIpc) is 3.29. The summed E-state index contributed by atoms with van der Waals surface area (Å²) in [5.41, 5.74) is 1.39. The first-order valence-corrected chi connectivity index (χ1v) is 11.0. The van der Waals surface area contributed by atoms with Crippen LogP contribution < -0.4 is 5.32 Å². The molecule has 3 aromatic rings. The zero-order valence-electron chi connectivity index (χ0n) is 18.4. The molecule has 2 aliphatic heterocycles. The van der Waals surface area contributed by atoms with E-state index in [1.165, 1.54) is 12.1 Å². The Kier molecular flexibility index (Phi) is 5.72. The van der Waals surface area contributed by atoms with Gasteiger partial charge in [-0.3, -0.25) is 4.79 Å². The van der Waals surface area contributed by atoms with Gasteiger partial charge >= 0.3 is 0 Å². The number of imidazole rings is 1. The number of likely N-dealkylation sites (tertiary alicyclic amines) is 1. The normalized spacial score (nSPS) is 21.7. The van der Waals surface area contributed by atoms with Crippen LogP contribution in [-0.2, 0) is 4.74 Å². The van der Waals surface area contributed by atoms with Gasteiger partial charge in [0.25, 0.3) is 11.8 Å². The lowest BCUT2D eigenvalue weighted by Crippen LogP contribution is -2.58. The van der Waals surface area contributed by atoms with Gasteiger partial charge in [0.2, 0.25) is 5.95 Å². The molecule has 34 heavy (non-hydrogen) atoms. The number of amides is 1. The van der Waals surface area contributed by atoms with Crippen molar-refractivity contribution in [3.8, 4) is 11.4 Å². The van der Waals surface area contributed by atoms with Crippen molar-refractivity contribution in [3.05, 3.63) is 53.9 Å². The molecule has 2 saturated heterocycles. The number of alkyl halides is 2. The number of anilines is 2. The summed E-state index contributed by atoms with van der Waals surface area (Å²) >= 11 is 0. The summed E-state index contributed by atoms with van der Waals surface area (Å²) < 4.78 is 46.1. The molecular weight excluding hydrogens is 449 g/mol. The van der Waals surface area contributed by atoms with Gasteiger partial charge in [0.1, 0.15) is 11.5 Å². The van der Waals surface area contributed by atoms with Crippen molar-refractivity contribution in [2.24, 2.45) is 0 Å². The maximum absolute atomic E-state index is 14.5. The van der Waals surface area contributed by atoms with Crippen LogP contribution in [0.25, 0.3) is 11.4 Å². The number of ether oxygens (including phenoxy) is 1. The van der Waals surface area contributed by atoms with Crippen molar-refractivity contribution >= 4 is 17.5 Å². The molecule has 8 nitrogen and oxygen atoms in total. The van der Waals surface area contributed by atoms with Crippen LogP contribution >= 0.6 is 0 Å². The number of rotatable bonds is 5. The zero-order valence-corrected chi connectivity index (χ0v) is 18.4. The molecule has 2 aromatic heterocycles. The van der Waals surface area contributed by atoms with Gasteiger partial charge in [-0.05, 0) is 44.0 Å². The fraction of sp³-hybridized carbons (Fsp3) is 0.391. The Bertz CT molecular complexity index is 1190. The summed E-state index contributed by atoms with van der Waals surface area (Å²) in [5, 5.41) is 2.97. The number of aromatic nitrogens is 4. The standard InChI is InChI=1S/C23H23F3N6O2/c1-13-8-15(6-7-34-13)20-27-10-18(30-20)19-17(24)9-28-22(31-19)29-16-4-2-14(3-5-16)21(33)32-11-23(25,26)12-32/h2-5,9-10,13,15H,6-8,11-12H2,1H3,(H,27,30)(H,28,29,31). The first kappa shape index (κ1) is 22.3. The summed E-state index contributed by atoms with van der Waals surface area (Å²) in [6, 6.07) is 6.28. The predicted molar refractivity (Wildman–Crippen MR) is 118 cm³/mol. The molecule has 4 heterocycles. The third-order valence-corrected chi connectivity index (χ3v) is 5.99. The Morgan fingerprint density at radius 2 is 1.97 bits per heavy atom. The minimum absolute atomic E-state index is 0.0851. The van der Waals surface area contributed by atoms with E-state index in [1.807, 2.05) is 6.92 Å². The van der Waals surface area contributed by atoms with Crippen LogP contribution in [0.4, 0.5) is 24.8 Å². The van der Waals surface area contributed by atoms with Crippen molar-refractivity contribution in [2.45, 2.75) is 37.7 Å². The van der Waals surface area contributed by atoms with Gasteiger partial charge in [-0.2, -0.15) is 0 Å². The van der Waals surface area contributed by atoms with Crippen LogP contribution in [0.3, 0.4) is 0 Å². The van der Waals surface area contributed by atoms with Crippen LogP contribution in [0.1, 0.15) is 41.9 Å². The molecule has 1 aromatic carbocycles. The first-order chi connectivity index (χ1) is 16.3. The number of aromatic amines is 1. The second-order valence-electron chi connectivity index (χ2n) is 8.69. The third kappa shape index (κ3) is 4.60. The fourth-order valence-electron chi connectivity index (χ4n) is 4.19. The molecule has 2 atom stereocenters. The van der Waals surface area contributed by atoms with Crippen molar-refractivity contribution in [1.29, 1.82) is 0 Å². The molecule has 2 unspecified atom stereocenters. The van der Waals surface area contributed by atoms with E-state index in [9.17, 15) is 18.0 Å². The number of H-pyrrole nitrogens is 1. The lowest BCUT2D eigenvalue weighted by Gasteiger charge is -2.38. The van der Waals surface area contributed by atoms with Crippen molar-refractivity contribution < 1.29 is 22.7 Å². The minimum Gasteiger partial charge on any atom is -0.378 e. The topological polar surface area (TPSA) is 96.0 Å². The molecule has 1 amide bonds. The van der Waals surface area contributed by atoms with Gasteiger partial charge in [0.05, 0.1) is 37.3 Å². The summed E-state index contributed by atoms with van der Waals surface area (Å²) in [5.74, 6) is -2.71. The summed E-state index contributed by atoms with van der Waals surface area (Å²) in [6.45, 7) is 1.54. The van der Waals surface area contributed by atoms with Gasteiger partial charge in [-0.1, -0.05) is 0 Å². The molecule has 0 aliphatic carbocycles. The Hall–Kier alpha value is -3.47. The van der Waals surface area contributed by atoms with E-state index in [0.717, 1.165) is 29.8 Å². The lowest BCUT2D eigenvalue weighted by molar-refractivity contribution is -0.113. The third-order valence-electron chi connectivity index (χ3n) is 5.99. The van der Waals surface area contributed by atoms with Crippen LogP contribution in [0.2, 0.25) is 0 Å². The maximum Gasteiger partial charge on any atom is 0.282 e. The van der Waals surface area contributed by atoms with Crippen molar-refractivity contribution in [1.82, 2.24) is 24.8 Å². The lowest BCUT2D eigenvalue weighted by atomic mass is 9.96. The van der Waals surface area contributed by atoms with E-state index in [2.05, 4.69) is 25.3 Å². The SMILES string of the molecule is CC1CC(c2ncc(-c3nc(Nc4ccc(C(=O)N5CC(F)(F)C5)cc4)ncc3F)[nH]2)CCO1. The molecule has 178 valence electrons. The highest BCUT2D eigenvalue weighted by molar-refractivity contribution is 5.95. The van der Waals surface area contributed by atoms with Crippen LogP contribution in [0, 0.1) is 5.82 Å². The number of benzene rings is 1. The Morgan fingerprint density at radius 3 is 2.68 bits per heavy atom. The smallest absolute Gasteiger partial charge is 0.282 e. The zero-order chi connectivity index (χ0) is 23.9. The van der Waals surface area contributed by atoms with Crippen LogP contribution in [0.15, 0.2) is 36.7 Å². The van der Waals surface area contributed by atoms with Crippen LogP contribution in [0.5, 0.6) is 0 Å². The summed E-state index contributed by atoms with van der Waals surface area (Å²) in [7, 11) is 0. The minimum atomic E-state index is -2.81. The van der Waals surface area contributed by atoms with E-state index >= 15 is 0 Å². The highest BCUT2D eigenvalue weighted by Crippen LogP contribution is 2.31. The number of hydrogen-bond acceptors (Lipinski definition) is 6. The van der Waals surface area contributed by atoms with E-state index < -0.39 is 30.7 Å². The Morgan fingerprint density at radius 1 is 1.21 bits per heavy atom. The number of hydrogen-bond donors (Lipinski definition) is 2. The predicted octanol–water partition coefficient (Wildman–Crippen LogP) is 4.12.